The average molecular weight is 293 g/mol. The molecule has 1 aliphatic rings. The number of nitrogens with zero attached hydrogens (tertiary/aromatic N) is 1. The Kier molecular flexibility index (Phi) is 5.44. The van der Waals surface area contributed by atoms with E-state index in [1.165, 1.54) is 0 Å². The maximum Gasteiger partial charge on any atom is 0.260 e. The van der Waals surface area contributed by atoms with Crippen LogP contribution in [0.1, 0.15) is 20.3 Å². The molecule has 2 atom stereocenters. The Balaban J connectivity index is 1.81. The molecule has 0 aromatic heterocycles. The second kappa shape index (κ2) is 7.31. The Hall–Kier alpha value is -1.75. The van der Waals surface area contributed by atoms with Crippen molar-refractivity contribution in [2.45, 2.75) is 26.4 Å². The molecule has 2 rings (SSSR count). The molecular formula is C16H23NO4. The highest BCUT2D eigenvalue weighted by atomic mass is 16.5. The maximum atomic E-state index is 12.1. The summed E-state index contributed by atoms with van der Waals surface area (Å²) in [5.41, 5.74) is 0. The Morgan fingerprint density at radius 2 is 1.90 bits per heavy atom. The second-order valence-corrected chi connectivity index (χ2v) is 5.37. The van der Waals surface area contributed by atoms with Crippen molar-refractivity contribution in [2.75, 3.05) is 26.3 Å². The molecular weight excluding hydrogens is 270 g/mol. The van der Waals surface area contributed by atoms with Gasteiger partial charge < -0.3 is 19.5 Å². The number of rotatable bonds is 5. The zero-order valence-electron chi connectivity index (χ0n) is 12.6. The number of amides is 1. The van der Waals surface area contributed by atoms with Crippen molar-refractivity contribution >= 4 is 5.91 Å². The van der Waals surface area contributed by atoms with Gasteiger partial charge >= 0.3 is 0 Å². The molecule has 5 nitrogen and oxygen atoms in total. The summed E-state index contributed by atoms with van der Waals surface area (Å²) in [5, 5.41) is 9.67. The number of hydrogen-bond donors (Lipinski definition) is 1. The Morgan fingerprint density at radius 1 is 1.29 bits per heavy atom. The van der Waals surface area contributed by atoms with E-state index in [1.54, 1.807) is 17.0 Å². The lowest BCUT2D eigenvalue weighted by atomic mass is 9.97. The molecule has 2 unspecified atom stereocenters. The van der Waals surface area contributed by atoms with Crippen molar-refractivity contribution < 1.29 is 19.4 Å². The van der Waals surface area contributed by atoms with Crippen molar-refractivity contribution in [3.05, 3.63) is 24.3 Å². The summed E-state index contributed by atoms with van der Waals surface area (Å²) in [4.78, 5) is 13.8. The van der Waals surface area contributed by atoms with Gasteiger partial charge in [-0.1, -0.05) is 6.92 Å². The zero-order chi connectivity index (χ0) is 15.2. The summed E-state index contributed by atoms with van der Waals surface area (Å²) in [6, 6.07) is 7.23. The fourth-order valence-electron chi connectivity index (χ4n) is 2.39. The minimum atomic E-state index is -0.305. The molecule has 21 heavy (non-hydrogen) atoms. The molecule has 1 aliphatic heterocycles. The molecule has 1 aromatic rings. The van der Waals surface area contributed by atoms with E-state index in [1.807, 2.05) is 26.0 Å². The van der Waals surface area contributed by atoms with E-state index in [2.05, 4.69) is 0 Å². The van der Waals surface area contributed by atoms with Crippen molar-refractivity contribution in [3.8, 4) is 11.5 Å². The number of benzene rings is 1. The monoisotopic (exact) mass is 293 g/mol. The standard InChI is InChI=1S/C16H23NO4/c1-3-20-13-4-6-14(7-5-13)21-11-16(19)17-9-8-15(18)12(2)10-17/h4-7,12,15,18H,3,8-11H2,1-2H3. The highest BCUT2D eigenvalue weighted by Crippen LogP contribution is 2.19. The minimum Gasteiger partial charge on any atom is -0.494 e. The molecule has 5 heteroatoms. The Bertz CT molecular complexity index is 460. The van der Waals surface area contributed by atoms with Gasteiger partial charge in [0, 0.05) is 13.1 Å². The zero-order valence-corrected chi connectivity index (χ0v) is 12.6. The molecule has 1 saturated heterocycles. The van der Waals surface area contributed by atoms with Gasteiger partial charge in [0.25, 0.3) is 5.91 Å². The van der Waals surface area contributed by atoms with Crippen LogP contribution in [0.3, 0.4) is 0 Å². The normalized spacial score (nSPS) is 22.0. The van der Waals surface area contributed by atoms with Crippen LogP contribution in [0.5, 0.6) is 11.5 Å². The Morgan fingerprint density at radius 3 is 2.48 bits per heavy atom. The molecule has 1 aromatic carbocycles. The van der Waals surface area contributed by atoms with Gasteiger partial charge in [0.1, 0.15) is 11.5 Å². The predicted molar refractivity (Wildman–Crippen MR) is 79.5 cm³/mol. The summed E-state index contributed by atoms with van der Waals surface area (Å²) in [6.45, 7) is 5.72. The van der Waals surface area contributed by atoms with Gasteiger partial charge in [-0.3, -0.25) is 4.79 Å². The lowest BCUT2D eigenvalue weighted by Gasteiger charge is -2.34. The summed E-state index contributed by atoms with van der Waals surface area (Å²) < 4.78 is 10.9. The summed E-state index contributed by atoms with van der Waals surface area (Å²) in [7, 11) is 0. The lowest BCUT2D eigenvalue weighted by Crippen LogP contribution is -2.46. The number of aliphatic hydroxyl groups is 1. The first-order valence-corrected chi connectivity index (χ1v) is 7.41. The van der Waals surface area contributed by atoms with E-state index in [9.17, 15) is 9.90 Å². The highest BCUT2D eigenvalue weighted by molar-refractivity contribution is 5.77. The quantitative estimate of drug-likeness (QED) is 0.897. The van der Waals surface area contributed by atoms with Crippen LogP contribution in [-0.2, 0) is 4.79 Å². The minimum absolute atomic E-state index is 0.0246. The van der Waals surface area contributed by atoms with Gasteiger partial charge in [-0.15, -0.1) is 0 Å². The van der Waals surface area contributed by atoms with Crippen LogP contribution in [0.2, 0.25) is 0 Å². The third kappa shape index (κ3) is 4.36. The van der Waals surface area contributed by atoms with Crippen molar-refractivity contribution in [2.24, 2.45) is 5.92 Å². The van der Waals surface area contributed by atoms with Gasteiger partial charge in [0.2, 0.25) is 0 Å². The van der Waals surface area contributed by atoms with Gasteiger partial charge in [0.15, 0.2) is 6.61 Å². The molecule has 1 heterocycles. The molecule has 0 aliphatic carbocycles. The summed E-state index contributed by atoms with van der Waals surface area (Å²) in [5.74, 6) is 1.52. The summed E-state index contributed by atoms with van der Waals surface area (Å²) >= 11 is 0. The number of ether oxygens (including phenoxy) is 2. The molecule has 0 bridgehead atoms. The van der Waals surface area contributed by atoms with Crippen LogP contribution in [0, 0.1) is 5.92 Å². The maximum absolute atomic E-state index is 12.1. The van der Waals surface area contributed by atoms with E-state index < -0.39 is 0 Å². The van der Waals surface area contributed by atoms with Gasteiger partial charge in [0.05, 0.1) is 12.7 Å². The van der Waals surface area contributed by atoms with E-state index in [-0.39, 0.29) is 24.5 Å². The third-order valence-corrected chi connectivity index (χ3v) is 3.71. The van der Waals surface area contributed by atoms with Crippen LogP contribution in [0.4, 0.5) is 0 Å². The molecule has 1 amide bonds. The smallest absolute Gasteiger partial charge is 0.260 e. The first-order chi connectivity index (χ1) is 10.1. The largest absolute Gasteiger partial charge is 0.494 e. The molecule has 0 radical (unpaired) electrons. The number of likely N-dealkylation sites (tertiary alicyclic amines) is 1. The fourth-order valence-corrected chi connectivity index (χ4v) is 2.39. The third-order valence-electron chi connectivity index (χ3n) is 3.71. The first-order valence-electron chi connectivity index (χ1n) is 7.41. The van der Waals surface area contributed by atoms with Crippen LogP contribution in [-0.4, -0.2) is 48.3 Å². The topological polar surface area (TPSA) is 59.0 Å². The number of piperidine rings is 1. The number of aliphatic hydroxyl groups excluding tert-OH is 1. The predicted octanol–water partition coefficient (Wildman–Crippen LogP) is 1.69. The number of carbonyl (C=O) groups is 1. The number of hydrogen-bond acceptors (Lipinski definition) is 4. The SMILES string of the molecule is CCOc1ccc(OCC(=O)N2CCC(O)C(C)C2)cc1. The van der Waals surface area contributed by atoms with Crippen molar-refractivity contribution in [3.63, 3.8) is 0 Å². The van der Waals surface area contributed by atoms with Crippen LogP contribution >= 0.6 is 0 Å². The van der Waals surface area contributed by atoms with E-state index in [0.29, 0.717) is 31.9 Å². The van der Waals surface area contributed by atoms with E-state index >= 15 is 0 Å². The molecule has 0 spiro atoms. The first kappa shape index (κ1) is 15.6. The van der Waals surface area contributed by atoms with Gasteiger partial charge in [-0.2, -0.15) is 0 Å². The van der Waals surface area contributed by atoms with Crippen molar-refractivity contribution in [1.29, 1.82) is 0 Å². The highest BCUT2D eigenvalue weighted by Gasteiger charge is 2.27. The van der Waals surface area contributed by atoms with E-state index in [4.69, 9.17) is 9.47 Å². The fraction of sp³-hybridized carbons (Fsp3) is 0.562. The Labute approximate surface area is 125 Å². The lowest BCUT2D eigenvalue weighted by molar-refractivity contribution is -0.136. The molecule has 0 saturated carbocycles. The molecule has 116 valence electrons. The molecule has 1 N–H and O–H groups in total. The van der Waals surface area contributed by atoms with Gasteiger partial charge in [-0.05, 0) is 43.5 Å². The number of carbonyl (C=O) groups excluding carboxylic acids is 1. The molecule has 1 fully saturated rings. The van der Waals surface area contributed by atoms with E-state index in [0.717, 1.165) is 5.75 Å². The van der Waals surface area contributed by atoms with Crippen LogP contribution < -0.4 is 9.47 Å². The van der Waals surface area contributed by atoms with Gasteiger partial charge in [-0.25, -0.2) is 0 Å². The summed E-state index contributed by atoms with van der Waals surface area (Å²) in [6.07, 6.45) is 0.330. The average Bonchev–Trinajstić information content (AvgIpc) is 2.49. The van der Waals surface area contributed by atoms with Crippen molar-refractivity contribution in [1.82, 2.24) is 4.90 Å². The van der Waals surface area contributed by atoms with Crippen LogP contribution in [0.15, 0.2) is 24.3 Å². The van der Waals surface area contributed by atoms with Crippen LogP contribution in [0.25, 0.3) is 0 Å². The second-order valence-electron chi connectivity index (χ2n) is 5.37.